The molecular formula is C15H21N3O3. The number of likely N-dealkylation sites (N-methyl/N-ethyl adjacent to an activating group) is 1. The summed E-state index contributed by atoms with van der Waals surface area (Å²) in [5, 5.41) is 0. The minimum Gasteiger partial charge on any atom is -0.459 e. The number of hydrogen-bond acceptors (Lipinski definition) is 4. The Bertz CT molecular complexity index is 506. The zero-order valence-corrected chi connectivity index (χ0v) is 12.3. The van der Waals surface area contributed by atoms with Gasteiger partial charge < -0.3 is 19.1 Å². The Morgan fingerprint density at radius 2 is 1.95 bits per heavy atom. The Balaban J connectivity index is 1.69. The Morgan fingerprint density at radius 1 is 1.19 bits per heavy atom. The van der Waals surface area contributed by atoms with Crippen LogP contribution in [-0.2, 0) is 4.79 Å². The third kappa shape index (κ3) is 2.81. The Labute approximate surface area is 124 Å². The Hall–Kier alpha value is -1.82. The monoisotopic (exact) mass is 291 g/mol. The van der Waals surface area contributed by atoms with E-state index in [-0.39, 0.29) is 17.9 Å². The van der Waals surface area contributed by atoms with Crippen molar-refractivity contribution < 1.29 is 14.0 Å². The topological polar surface area (TPSA) is 57.0 Å². The molecule has 3 rings (SSSR count). The van der Waals surface area contributed by atoms with Crippen LogP contribution in [-0.4, -0.2) is 72.3 Å². The zero-order chi connectivity index (χ0) is 14.8. The number of furan rings is 1. The van der Waals surface area contributed by atoms with Gasteiger partial charge in [0, 0.05) is 32.7 Å². The van der Waals surface area contributed by atoms with Crippen molar-refractivity contribution >= 4 is 11.8 Å². The SMILES string of the molecule is CN1CCN(C(=O)C2CCCN2C(=O)c2ccco2)CC1. The van der Waals surface area contributed by atoms with Gasteiger partial charge in [0.1, 0.15) is 6.04 Å². The minimum atomic E-state index is -0.328. The molecule has 2 fully saturated rings. The number of likely N-dealkylation sites (tertiary alicyclic amines) is 1. The largest absolute Gasteiger partial charge is 0.459 e. The first-order valence-corrected chi connectivity index (χ1v) is 7.48. The van der Waals surface area contributed by atoms with Gasteiger partial charge in [-0.1, -0.05) is 0 Å². The second-order valence-electron chi connectivity index (χ2n) is 5.76. The smallest absolute Gasteiger partial charge is 0.290 e. The molecule has 2 saturated heterocycles. The summed E-state index contributed by atoms with van der Waals surface area (Å²) < 4.78 is 5.17. The molecule has 2 aliphatic heterocycles. The van der Waals surface area contributed by atoms with Crippen molar-refractivity contribution in [3.05, 3.63) is 24.2 Å². The summed E-state index contributed by atoms with van der Waals surface area (Å²) in [4.78, 5) is 30.9. The first-order valence-electron chi connectivity index (χ1n) is 7.48. The van der Waals surface area contributed by atoms with Crippen molar-refractivity contribution in [1.82, 2.24) is 14.7 Å². The van der Waals surface area contributed by atoms with E-state index < -0.39 is 0 Å². The van der Waals surface area contributed by atoms with Crippen LogP contribution < -0.4 is 0 Å². The van der Waals surface area contributed by atoms with Gasteiger partial charge in [0.25, 0.3) is 5.91 Å². The van der Waals surface area contributed by atoms with Gasteiger partial charge in [0.2, 0.25) is 5.91 Å². The molecule has 3 heterocycles. The number of hydrogen-bond donors (Lipinski definition) is 0. The average molecular weight is 291 g/mol. The van der Waals surface area contributed by atoms with Crippen LogP contribution >= 0.6 is 0 Å². The molecule has 0 aliphatic carbocycles. The van der Waals surface area contributed by atoms with E-state index in [2.05, 4.69) is 11.9 Å². The van der Waals surface area contributed by atoms with Gasteiger partial charge in [-0.2, -0.15) is 0 Å². The fourth-order valence-corrected chi connectivity index (χ4v) is 3.05. The van der Waals surface area contributed by atoms with E-state index >= 15 is 0 Å². The van der Waals surface area contributed by atoms with Crippen LogP contribution in [0.15, 0.2) is 22.8 Å². The lowest BCUT2D eigenvalue weighted by Gasteiger charge is -2.35. The third-order valence-electron chi connectivity index (χ3n) is 4.35. The van der Waals surface area contributed by atoms with E-state index in [1.54, 1.807) is 17.0 Å². The molecule has 21 heavy (non-hydrogen) atoms. The standard InChI is InChI=1S/C15H21N3O3/c1-16-7-9-17(10-8-16)14(19)12-4-2-6-18(12)15(20)13-5-3-11-21-13/h3,5,11-12H,2,4,6-10H2,1H3. The summed E-state index contributed by atoms with van der Waals surface area (Å²) in [5.41, 5.74) is 0. The summed E-state index contributed by atoms with van der Waals surface area (Å²) in [6, 6.07) is 3.02. The van der Waals surface area contributed by atoms with Crippen LogP contribution in [0.25, 0.3) is 0 Å². The predicted octanol–water partition coefficient (Wildman–Crippen LogP) is 0.658. The molecule has 0 radical (unpaired) electrons. The predicted molar refractivity (Wildman–Crippen MR) is 76.8 cm³/mol. The van der Waals surface area contributed by atoms with E-state index in [9.17, 15) is 9.59 Å². The highest BCUT2D eigenvalue weighted by Crippen LogP contribution is 2.22. The van der Waals surface area contributed by atoms with Crippen molar-refractivity contribution in [2.75, 3.05) is 39.8 Å². The maximum absolute atomic E-state index is 12.7. The molecule has 1 atom stereocenters. The molecule has 2 amide bonds. The van der Waals surface area contributed by atoms with Crippen LogP contribution in [0.1, 0.15) is 23.4 Å². The maximum Gasteiger partial charge on any atom is 0.290 e. The van der Waals surface area contributed by atoms with Crippen LogP contribution in [0.3, 0.4) is 0 Å². The zero-order valence-electron chi connectivity index (χ0n) is 12.3. The highest BCUT2D eigenvalue weighted by atomic mass is 16.3. The quantitative estimate of drug-likeness (QED) is 0.803. The summed E-state index contributed by atoms with van der Waals surface area (Å²) in [7, 11) is 2.06. The molecule has 1 aromatic rings. The lowest BCUT2D eigenvalue weighted by atomic mass is 10.1. The maximum atomic E-state index is 12.7. The minimum absolute atomic E-state index is 0.0838. The second-order valence-corrected chi connectivity index (χ2v) is 5.76. The lowest BCUT2D eigenvalue weighted by molar-refractivity contribution is -0.136. The highest BCUT2D eigenvalue weighted by Gasteiger charge is 2.38. The summed E-state index contributed by atoms with van der Waals surface area (Å²) in [6.45, 7) is 3.90. The number of piperazine rings is 1. The molecule has 0 aromatic carbocycles. The van der Waals surface area contributed by atoms with Crippen LogP contribution in [0.2, 0.25) is 0 Å². The fraction of sp³-hybridized carbons (Fsp3) is 0.600. The summed E-state index contributed by atoms with van der Waals surface area (Å²) >= 11 is 0. The first kappa shape index (κ1) is 14.1. The normalized spacial score (nSPS) is 23.6. The second kappa shape index (κ2) is 5.89. The van der Waals surface area contributed by atoms with Crippen molar-refractivity contribution in [1.29, 1.82) is 0 Å². The molecule has 0 N–H and O–H groups in total. The van der Waals surface area contributed by atoms with Crippen LogP contribution in [0, 0.1) is 0 Å². The van der Waals surface area contributed by atoms with Gasteiger partial charge in [-0.15, -0.1) is 0 Å². The molecule has 0 saturated carbocycles. The fourth-order valence-electron chi connectivity index (χ4n) is 3.05. The summed E-state index contributed by atoms with van der Waals surface area (Å²) in [5.74, 6) is 0.221. The van der Waals surface area contributed by atoms with Gasteiger partial charge in [-0.05, 0) is 32.0 Å². The summed E-state index contributed by atoms with van der Waals surface area (Å²) in [6.07, 6.45) is 3.11. The first-order chi connectivity index (χ1) is 10.2. The number of amides is 2. The molecular weight excluding hydrogens is 270 g/mol. The van der Waals surface area contributed by atoms with Crippen molar-refractivity contribution in [2.45, 2.75) is 18.9 Å². The molecule has 2 aliphatic rings. The van der Waals surface area contributed by atoms with E-state index in [0.717, 1.165) is 39.0 Å². The van der Waals surface area contributed by atoms with Gasteiger partial charge in [0.05, 0.1) is 6.26 Å². The van der Waals surface area contributed by atoms with Crippen molar-refractivity contribution in [3.63, 3.8) is 0 Å². The average Bonchev–Trinajstić information content (AvgIpc) is 3.18. The van der Waals surface area contributed by atoms with E-state index in [1.165, 1.54) is 6.26 Å². The van der Waals surface area contributed by atoms with E-state index in [0.29, 0.717) is 12.3 Å². The van der Waals surface area contributed by atoms with Gasteiger partial charge in [0.15, 0.2) is 5.76 Å². The number of rotatable bonds is 2. The molecule has 1 aromatic heterocycles. The molecule has 1 unspecified atom stereocenters. The van der Waals surface area contributed by atoms with Crippen molar-refractivity contribution in [2.24, 2.45) is 0 Å². The Morgan fingerprint density at radius 3 is 2.62 bits per heavy atom. The Kier molecular flexibility index (Phi) is 3.96. The van der Waals surface area contributed by atoms with Gasteiger partial charge >= 0.3 is 0 Å². The molecule has 0 bridgehead atoms. The van der Waals surface area contributed by atoms with E-state index in [1.807, 2.05) is 4.90 Å². The number of nitrogens with zero attached hydrogens (tertiary/aromatic N) is 3. The molecule has 0 spiro atoms. The van der Waals surface area contributed by atoms with Crippen molar-refractivity contribution in [3.8, 4) is 0 Å². The van der Waals surface area contributed by atoms with Gasteiger partial charge in [-0.3, -0.25) is 9.59 Å². The highest BCUT2D eigenvalue weighted by molar-refractivity contribution is 5.96. The molecule has 114 valence electrons. The van der Waals surface area contributed by atoms with E-state index in [4.69, 9.17) is 4.42 Å². The molecule has 6 nitrogen and oxygen atoms in total. The number of carbonyl (C=O) groups excluding carboxylic acids is 2. The van der Waals surface area contributed by atoms with Gasteiger partial charge in [-0.25, -0.2) is 0 Å². The van der Waals surface area contributed by atoms with Crippen LogP contribution in [0.5, 0.6) is 0 Å². The van der Waals surface area contributed by atoms with Crippen LogP contribution in [0.4, 0.5) is 0 Å². The lowest BCUT2D eigenvalue weighted by Crippen LogP contribution is -2.53. The number of carbonyl (C=O) groups is 2. The molecule has 6 heteroatoms. The third-order valence-corrected chi connectivity index (χ3v) is 4.35.